The van der Waals surface area contributed by atoms with Gasteiger partial charge in [-0.1, -0.05) is 6.07 Å². The molecule has 0 bridgehead atoms. The summed E-state index contributed by atoms with van der Waals surface area (Å²) < 4.78 is 39.1. The molecule has 0 fully saturated rings. The molecule has 2 aromatic rings. The number of carbonyl (C=O) groups excluding carboxylic acids is 1. The molecule has 0 saturated carbocycles. The van der Waals surface area contributed by atoms with E-state index in [0.717, 1.165) is 0 Å². The average molecular weight is 337 g/mol. The number of hydrogen-bond donors (Lipinski definition) is 1. The van der Waals surface area contributed by atoms with E-state index >= 15 is 0 Å². The molecule has 1 N–H and O–H groups in total. The molecule has 128 valence electrons. The van der Waals surface area contributed by atoms with Crippen LogP contribution in [0.15, 0.2) is 42.5 Å². The van der Waals surface area contributed by atoms with Crippen LogP contribution in [-0.2, 0) is 11.2 Å². The SMILES string of the molecule is COc1ccc(OC)c(CC(=O)Nc2cccc(OC(F)F)c2)c1. The lowest BCUT2D eigenvalue weighted by Gasteiger charge is -2.11. The molecule has 0 aromatic heterocycles. The molecule has 0 radical (unpaired) electrons. The molecule has 0 unspecified atom stereocenters. The Morgan fingerprint density at radius 3 is 2.54 bits per heavy atom. The first kappa shape index (κ1) is 17.5. The van der Waals surface area contributed by atoms with Crippen LogP contribution in [-0.4, -0.2) is 26.7 Å². The van der Waals surface area contributed by atoms with Crippen LogP contribution in [0, 0.1) is 0 Å². The van der Waals surface area contributed by atoms with E-state index in [-0.39, 0.29) is 18.1 Å². The van der Waals surface area contributed by atoms with Gasteiger partial charge in [-0.25, -0.2) is 0 Å². The lowest BCUT2D eigenvalue weighted by atomic mass is 10.1. The Labute approximate surface area is 138 Å². The summed E-state index contributed by atoms with van der Waals surface area (Å²) in [6.07, 6.45) is 0.0420. The van der Waals surface area contributed by atoms with Crippen LogP contribution in [0.5, 0.6) is 17.2 Å². The molecule has 0 heterocycles. The topological polar surface area (TPSA) is 56.8 Å². The standard InChI is InChI=1S/C17H17F2NO4/c1-22-13-6-7-15(23-2)11(8-13)9-16(21)20-12-4-3-5-14(10-12)24-17(18)19/h3-8,10,17H,9H2,1-2H3,(H,20,21). The summed E-state index contributed by atoms with van der Waals surface area (Å²) in [6.45, 7) is -2.92. The van der Waals surface area contributed by atoms with Crippen molar-refractivity contribution in [3.8, 4) is 17.2 Å². The van der Waals surface area contributed by atoms with Gasteiger partial charge in [0.1, 0.15) is 17.2 Å². The highest BCUT2D eigenvalue weighted by atomic mass is 19.3. The highest BCUT2D eigenvalue weighted by Gasteiger charge is 2.11. The number of anilines is 1. The lowest BCUT2D eigenvalue weighted by molar-refractivity contribution is -0.115. The van der Waals surface area contributed by atoms with Crippen LogP contribution in [0.2, 0.25) is 0 Å². The Kier molecular flexibility index (Phi) is 5.95. The molecule has 0 aliphatic heterocycles. The summed E-state index contributed by atoms with van der Waals surface area (Å²) in [5.41, 5.74) is 1.01. The van der Waals surface area contributed by atoms with Crippen LogP contribution in [0.25, 0.3) is 0 Å². The van der Waals surface area contributed by atoms with Gasteiger partial charge in [-0.3, -0.25) is 4.79 Å². The largest absolute Gasteiger partial charge is 0.497 e. The molecule has 1 amide bonds. The average Bonchev–Trinajstić information content (AvgIpc) is 2.54. The van der Waals surface area contributed by atoms with Gasteiger partial charge in [0.25, 0.3) is 0 Å². The molecular formula is C17H17F2NO4. The minimum Gasteiger partial charge on any atom is -0.497 e. The monoisotopic (exact) mass is 337 g/mol. The van der Waals surface area contributed by atoms with E-state index in [1.807, 2.05) is 0 Å². The third-order valence-electron chi connectivity index (χ3n) is 3.18. The number of methoxy groups -OCH3 is 2. The summed E-state index contributed by atoms with van der Waals surface area (Å²) in [7, 11) is 3.04. The first-order valence-corrected chi connectivity index (χ1v) is 7.07. The van der Waals surface area contributed by atoms with Crippen molar-refractivity contribution >= 4 is 11.6 Å². The minimum absolute atomic E-state index is 0.0261. The Balaban J connectivity index is 2.08. The predicted molar refractivity (Wildman–Crippen MR) is 85.0 cm³/mol. The van der Waals surface area contributed by atoms with Crippen LogP contribution >= 0.6 is 0 Å². The minimum atomic E-state index is -2.92. The summed E-state index contributed by atoms with van der Waals surface area (Å²) in [5.74, 6) is 0.809. The van der Waals surface area contributed by atoms with Crippen LogP contribution in [0.4, 0.5) is 14.5 Å². The third kappa shape index (κ3) is 4.84. The predicted octanol–water partition coefficient (Wildman–Crippen LogP) is 3.49. The molecule has 5 nitrogen and oxygen atoms in total. The van der Waals surface area contributed by atoms with Crippen molar-refractivity contribution in [3.05, 3.63) is 48.0 Å². The van der Waals surface area contributed by atoms with Crippen molar-refractivity contribution in [1.82, 2.24) is 0 Å². The molecular weight excluding hydrogens is 320 g/mol. The Morgan fingerprint density at radius 1 is 1.08 bits per heavy atom. The molecule has 2 aromatic carbocycles. The van der Waals surface area contributed by atoms with E-state index in [1.54, 1.807) is 24.3 Å². The number of benzene rings is 2. The van der Waals surface area contributed by atoms with E-state index < -0.39 is 6.61 Å². The van der Waals surface area contributed by atoms with E-state index in [4.69, 9.17) is 9.47 Å². The van der Waals surface area contributed by atoms with Gasteiger partial charge < -0.3 is 19.5 Å². The van der Waals surface area contributed by atoms with Crippen molar-refractivity contribution in [3.63, 3.8) is 0 Å². The van der Waals surface area contributed by atoms with E-state index in [9.17, 15) is 13.6 Å². The van der Waals surface area contributed by atoms with E-state index in [2.05, 4.69) is 10.1 Å². The fourth-order valence-corrected chi connectivity index (χ4v) is 2.15. The second-order valence-electron chi connectivity index (χ2n) is 4.81. The maximum absolute atomic E-state index is 12.2. The quantitative estimate of drug-likeness (QED) is 0.840. The number of alkyl halides is 2. The Hall–Kier alpha value is -2.83. The number of rotatable bonds is 7. The fraction of sp³-hybridized carbons (Fsp3) is 0.235. The van der Waals surface area contributed by atoms with Crippen molar-refractivity contribution in [1.29, 1.82) is 0 Å². The number of halogens is 2. The van der Waals surface area contributed by atoms with Gasteiger partial charge in [0.2, 0.25) is 5.91 Å². The molecule has 0 atom stereocenters. The van der Waals surface area contributed by atoms with Gasteiger partial charge in [0, 0.05) is 17.3 Å². The summed E-state index contributed by atoms with van der Waals surface area (Å²) in [4.78, 5) is 12.2. The first-order chi connectivity index (χ1) is 11.5. The van der Waals surface area contributed by atoms with Gasteiger partial charge in [0.15, 0.2) is 0 Å². The number of amides is 1. The second kappa shape index (κ2) is 8.14. The number of ether oxygens (including phenoxy) is 3. The normalized spacial score (nSPS) is 10.4. The zero-order valence-corrected chi connectivity index (χ0v) is 13.2. The fourth-order valence-electron chi connectivity index (χ4n) is 2.15. The van der Waals surface area contributed by atoms with Crippen molar-refractivity contribution in [2.24, 2.45) is 0 Å². The zero-order valence-electron chi connectivity index (χ0n) is 13.2. The molecule has 0 aliphatic rings. The lowest BCUT2D eigenvalue weighted by Crippen LogP contribution is -2.15. The number of hydrogen-bond acceptors (Lipinski definition) is 4. The highest BCUT2D eigenvalue weighted by Crippen LogP contribution is 2.25. The Bertz CT molecular complexity index is 707. The van der Waals surface area contributed by atoms with Crippen molar-refractivity contribution < 1.29 is 27.8 Å². The van der Waals surface area contributed by atoms with Crippen LogP contribution in [0.3, 0.4) is 0 Å². The summed E-state index contributed by atoms with van der Waals surface area (Å²) >= 11 is 0. The Morgan fingerprint density at radius 2 is 1.88 bits per heavy atom. The maximum atomic E-state index is 12.2. The third-order valence-corrected chi connectivity index (χ3v) is 3.18. The molecule has 2 rings (SSSR count). The molecule has 0 aliphatic carbocycles. The van der Waals surface area contributed by atoms with Gasteiger partial charge in [-0.15, -0.1) is 0 Å². The van der Waals surface area contributed by atoms with E-state index in [0.29, 0.717) is 22.7 Å². The second-order valence-corrected chi connectivity index (χ2v) is 4.81. The molecule has 7 heteroatoms. The van der Waals surface area contributed by atoms with Crippen LogP contribution in [0.1, 0.15) is 5.56 Å². The van der Waals surface area contributed by atoms with Gasteiger partial charge in [-0.05, 0) is 30.3 Å². The summed E-state index contributed by atoms with van der Waals surface area (Å²) in [5, 5.41) is 2.63. The molecule has 0 spiro atoms. The zero-order chi connectivity index (χ0) is 17.5. The van der Waals surface area contributed by atoms with Gasteiger partial charge in [0.05, 0.1) is 20.6 Å². The smallest absolute Gasteiger partial charge is 0.387 e. The highest BCUT2D eigenvalue weighted by molar-refractivity contribution is 5.92. The first-order valence-electron chi connectivity index (χ1n) is 7.07. The summed E-state index contributed by atoms with van der Waals surface area (Å²) in [6, 6.07) is 10.9. The molecule has 0 saturated heterocycles. The van der Waals surface area contributed by atoms with Crippen molar-refractivity contribution in [2.45, 2.75) is 13.0 Å². The number of nitrogens with one attached hydrogen (secondary N) is 1. The number of carbonyl (C=O) groups is 1. The molecule has 24 heavy (non-hydrogen) atoms. The van der Waals surface area contributed by atoms with E-state index in [1.165, 1.54) is 32.4 Å². The van der Waals surface area contributed by atoms with Crippen LogP contribution < -0.4 is 19.5 Å². The van der Waals surface area contributed by atoms with Crippen molar-refractivity contribution in [2.75, 3.05) is 19.5 Å². The maximum Gasteiger partial charge on any atom is 0.387 e. The van der Waals surface area contributed by atoms with Gasteiger partial charge in [-0.2, -0.15) is 8.78 Å². The van der Waals surface area contributed by atoms with Gasteiger partial charge >= 0.3 is 6.61 Å².